The van der Waals surface area contributed by atoms with E-state index >= 15 is 0 Å². The number of guanidine groups is 1. The van der Waals surface area contributed by atoms with Crippen molar-refractivity contribution >= 4 is 11.6 Å². The van der Waals surface area contributed by atoms with Gasteiger partial charge in [0.05, 0.1) is 12.1 Å². The summed E-state index contributed by atoms with van der Waals surface area (Å²) in [5.41, 5.74) is 6.93. The maximum atomic E-state index is 6.03. The number of nitrogens with one attached hydrogen (secondary N) is 1. The van der Waals surface area contributed by atoms with Gasteiger partial charge in [0, 0.05) is 31.0 Å². The Labute approximate surface area is 136 Å². The largest absolute Gasteiger partial charge is 0.491 e. The number of imidazole rings is 1. The van der Waals surface area contributed by atoms with E-state index in [4.69, 9.17) is 10.5 Å². The van der Waals surface area contributed by atoms with Crippen molar-refractivity contribution in [1.29, 1.82) is 0 Å². The molecule has 0 bridgehead atoms. The smallest absolute Gasteiger partial charge is 0.193 e. The van der Waals surface area contributed by atoms with E-state index in [0.717, 1.165) is 36.6 Å². The maximum absolute atomic E-state index is 6.03. The van der Waals surface area contributed by atoms with Crippen molar-refractivity contribution in [2.75, 3.05) is 5.32 Å². The molecule has 1 atom stereocenters. The second-order valence-corrected chi connectivity index (χ2v) is 6.01. The Morgan fingerprint density at radius 2 is 2.17 bits per heavy atom. The first-order valence-corrected chi connectivity index (χ1v) is 7.97. The normalized spacial score (nSPS) is 17.9. The summed E-state index contributed by atoms with van der Waals surface area (Å²) in [7, 11) is 0. The third-order valence-electron chi connectivity index (χ3n) is 3.74. The van der Waals surface area contributed by atoms with Crippen molar-refractivity contribution in [2.45, 2.75) is 45.4 Å². The quantitative estimate of drug-likeness (QED) is 0.671. The van der Waals surface area contributed by atoms with Crippen LogP contribution in [-0.2, 0) is 13.0 Å². The average Bonchev–Trinajstić information content (AvgIpc) is 2.96. The highest BCUT2D eigenvalue weighted by molar-refractivity contribution is 5.92. The highest BCUT2D eigenvalue weighted by Gasteiger charge is 2.18. The van der Waals surface area contributed by atoms with Crippen LogP contribution in [0.4, 0.5) is 5.69 Å². The molecule has 23 heavy (non-hydrogen) atoms. The van der Waals surface area contributed by atoms with Gasteiger partial charge in [0.15, 0.2) is 5.96 Å². The van der Waals surface area contributed by atoms with E-state index in [1.54, 1.807) is 0 Å². The Kier molecular flexibility index (Phi) is 4.50. The van der Waals surface area contributed by atoms with Gasteiger partial charge in [0.25, 0.3) is 0 Å². The molecule has 0 radical (unpaired) electrons. The molecule has 2 heterocycles. The number of rotatable bonds is 4. The Bertz CT molecular complexity index is 675. The van der Waals surface area contributed by atoms with E-state index in [1.807, 2.05) is 50.5 Å². The number of benzene rings is 1. The van der Waals surface area contributed by atoms with Gasteiger partial charge in [-0.3, -0.25) is 0 Å². The van der Waals surface area contributed by atoms with Crippen LogP contribution in [0.25, 0.3) is 0 Å². The van der Waals surface area contributed by atoms with E-state index in [0.29, 0.717) is 5.96 Å². The van der Waals surface area contributed by atoms with Crippen LogP contribution in [0.3, 0.4) is 0 Å². The van der Waals surface area contributed by atoms with Crippen LogP contribution in [0, 0.1) is 0 Å². The van der Waals surface area contributed by atoms with Crippen molar-refractivity contribution in [3.8, 4) is 5.75 Å². The molecule has 6 heteroatoms. The van der Waals surface area contributed by atoms with E-state index in [1.165, 1.54) is 0 Å². The molecule has 0 saturated carbocycles. The molecule has 122 valence electrons. The zero-order chi connectivity index (χ0) is 16.2. The lowest BCUT2D eigenvalue weighted by atomic mass is 10.1. The van der Waals surface area contributed by atoms with E-state index in [2.05, 4.69) is 19.9 Å². The minimum Gasteiger partial charge on any atom is -0.491 e. The molecule has 3 N–H and O–H groups in total. The third-order valence-corrected chi connectivity index (χ3v) is 3.74. The number of ether oxygens (including phenoxy) is 1. The number of nitrogens with two attached hydrogens (primary N) is 1. The fourth-order valence-electron chi connectivity index (χ4n) is 2.71. The molecular weight excluding hydrogens is 290 g/mol. The minimum atomic E-state index is 0.166. The van der Waals surface area contributed by atoms with Crippen LogP contribution in [0.15, 0.2) is 41.7 Å². The van der Waals surface area contributed by atoms with Gasteiger partial charge in [-0.25, -0.2) is 9.98 Å². The van der Waals surface area contributed by atoms with Crippen LogP contribution in [0.5, 0.6) is 5.75 Å². The predicted octanol–water partition coefficient (Wildman–Crippen LogP) is 2.41. The molecule has 6 nitrogen and oxygen atoms in total. The number of aromatic nitrogens is 2. The van der Waals surface area contributed by atoms with Crippen LogP contribution >= 0.6 is 0 Å². The molecule has 1 aliphatic rings. The van der Waals surface area contributed by atoms with Crippen LogP contribution in [0.2, 0.25) is 0 Å². The molecule has 0 aliphatic carbocycles. The van der Waals surface area contributed by atoms with Crippen molar-refractivity contribution in [3.63, 3.8) is 0 Å². The van der Waals surface area contributed by atoms with E-state index in [-0.39, 0.29) is 12.1 Å². The van der Waals surface area contributed by atoms with Gasteiger partial charge in [0.1, 0.15) is 11.6 Å². The molecule has 0 amide bonds. The molecule has 1 unspecified atom stereocenters. The monoisotopic (exact) mass is 313 g/mol. The molecule has 1 aromatic carbocycles. The molecule has 0 spiro atoms. The summed E-state index contributed by atoms with van der Waals surface area (Å²) in [5, 5.41) is 3.13. The number of hydrogen-bond donors (Lipinski definition) is 2. The molecule has 1 aliphatic heterocycles. The molecule has 1 aromatic heterocycles. The molecule has 0 saturated heterocycles. The number of aryl methyl sites for hydroxylation is 1. The summed E-state index contributed by atoms with van der Waals surface area (Å²) in [6.45, 7) is 4.95. The summed E-state index contributed by atoms with van der Waals surface area (Å²) in [4.78, 5) is 8.93. The van der Waals surface area contributed by atoms with Crippen molar-refractivity contribution in [2.24, 2.45) is 10.7 Å². The van der Waals surface area contributed by atoms with Gasteiger partial charge < -0.3 is 20.4 Å². The second-order valence-electron chi connectivity index (χ2n) is 6.01. The zero-order valence-corrected chi connectivity index (χ0v) is 13.6. The summed E-state index contributed by atoms with van der Waals surface area (Å²) in [6.07, 6.45) is 5.82. The molecule has 0 fully saturated rings. The lowest BCUT2D eigenvalue weighted by molar-refractivity contribution is 0.242. The third kappa shape index (κ3) is 4.03. The first-order valence-electron chi connectivity index (χ1n) is 7.97. The summed E-state index contributed by atoms with van der Waals surface area (Å²) in [6, 6.07) is 7.91. The van der Waals surface area contributed by atoms with Gasteiger partial charge in [-0.15, -0.1) is 0 Å². The Hall–Kier alpha value is -2.50. The Morgan fingerprint density at radius 1 is 1.39 bits per heavy atom. The minimum absolute atomic E-state index is 0.166. The summed E-state index contributed by atoms with van der Waals surface area (Å²) >= 11 is 0. The fourth-order valence-corrected chi connectivity index (χ4v) is 2.71. The van der Waals surface area contributed by atoms with Crippen molar-refractivity contribution < 1.29 is 4.74 Å². The van der Waals surface area contributed by atoms with Gasteiger partial charge in [-0.2, -0.15) is 0 Å². The van der Waals surface area contributed by atoms with Gasteiger partial charge in [-0.05, 0) is 44.5 Å². The number of aliphatic imine (C=N–C) groups is 1. The zero-order valence-electron chi connectivity index (χ0n) is 13.6. The number of hydrogen-bond acceptors (Lipinski definition) is 3. The highest BCUT2D eigenvalue weighted by Crippen LogP contribution is 2.18. The van der Waals surface area contributed by atoms with Crippen LogP contribution in [-0.4, -0.2) is 27.7 Å². The van der Waals surface area contributed by atoms with Gasteiger partial charge in [-0.1, -0.05) is 0 Å². The van der Waals surface area contributed by atoms with E-state index in [9.17, 15) is 0 Å². The second kappa shape index (κ2) is 6.73. The van der Waals surface area contributed by atoms with Gasteiger partial charge >= 0.3 is 0 Å². The predicted molar refractivity (Wildman–Crippen MR) is 91.8 cm³/mol. The molecule has 3 rings (SSSR count). The fraction of sp³-hybridized carbons (Fsp3) is 0.412. The number of nitrogens with zero attached hydrogens (tertiary/aromatic N) is 3. The van der Waals surface area contributed by atoms with Crippen LogP contribution < -0.4 is 15.8 Å². The average molecular weight is 313 g/mol. The Morgan fingerprint density at radius 3 is 2.91 bits per heavy atom. The number of fused-ring (bicyclic) bond motifs is 1. The molecule has 2 aromatic rings. The summed E-state index contributed by atoms with van der Waals surface area (Å²) in [5.74, 6) is 2.36. The topological polar surface area (TPSA) is 77.5 Å². The lowest BCUT2D eigenvalue weighted by Crippen LogP contribution is -2.29. The summed E-state index contributed by atoms with van der Waals surface area (Å²) < 4.78 is 7.79. The number of anilines is 1. The van der Waals surface area contributed by atoms with Gasteiger partial charge in [0.2, 0.25) is 0 Å². The first kappa shape index (κ1) is 15.4. The van der Waals surface area contributed by atoms with Crippen LogP contribution in [0.1, 0.15) is 26.1 Å². The molecular formula is C17H23N5O. The maximum Gasteiger partial charge on any atom is 0.193 e. The lowest BCUT2D eigenvalue weighted by Gasteiger charge is -2.20. The first-order chi connectivity index (χ1) is 11.1. The Balaban J connectivity index is 1.59. The van der Waals surface area contributed by atoms with Crippen molar-refractivity contribution in [1.82, 2.24) is 9.55 Å². The SMILES string of the molecule is CC(C)Oc1ccc(NC(N)=NC2CCn3ccnc3C2)cc1. The standard InChI is InChI=1S/C17H23N5O/c1-12(2)23-15-5-3-13(4-6-15)20-17(18)21-14-7-9-22-10-8-19-16(22)11-14/h3-6,8,10,12,14H,7,9,11H2,1-2H3,(H3,18,20,21). The van der Waals surface area contributed by atoms with E-state index < -0.39 is 0 Å². The highest BCUT2D eigenvalue weighted by atomic mass is 16.5. The van der Waals surface area contributed by atoms with Crippen molar-refractivity contribution in [3.05, 3.63) is 42.5 Å².